The Balaban J connectivity index is 1.95. The Labute approximate surface area is 58.7 Å². The number of hydrogen-bond acceptors (Lipinski definition) is 4. The lowest BCUT2D eigenvalue weighted by molar-refractivity contribution is -0.166. The van der Waals surface area contributed by atoms with Gasteiger partial charge in [0.15, 0.2) is 6.29 Å². The maximum Gasteiger partial charge on any atom is 0.186 e. The maximum atomic E-state index is 8.72. The Morgan fingerprint density at radius 3 is 2.60 bits per heavy atom. The first-order chi connectivity index (χ1) is 4.86. The normalized spacial score (nSPS) is 51.0. The first-order valence-corrected chi connectivity index (χ1v) is 3.31. The summed E-state index contributed by atoms with van der Waals surface area (Å²) in [7, 11) is 1.57. The van der Waals surface area contributed by atoms with E-state index in [1.807, 2.05) is 0 Å². The lowest BCUT2D eigenvalue weighted by Gasteiger charge is -2.13. The summed E-state index contributed by atoms with van der Waals surface area (Å²) in [6.45, 7) is 0.0149. The molecule has 10 heavy (non-hydrogen) atoms. The summed E-state index contributed by atoms with van der Waals surface area (Å²) in [5.41, 5.74) is 0. The Kier molecular flexibility index (Phi) is 1.42. The molecule has 0 spiro atoms. The van der Waals surface area contributed by atoms with Gasteiger partial charge in [0, 0.05) is 7.11 Å². The van der Waals surface area contributed by atoms with Gasteiger partial charge in [-0.3, -0.25) is 0 Å². The second-order valence-corrected chi connectivity index (χ2v) is 2.53. The predicted octanol–water partition coefficient (Wildman–Crippen LogP) is -0.883. The number of aliphatic hydroxyl groups excluding tert-OH is 1. The van der Waals surface area contributed by atoms with E-state index in [4.69, 9.17) is 19.3 Å². The van der Waals surface area contributed by atoms with E-state index >= 15 is 0 Å². The van der Waals surface area contributed by atoms with Gasteiger partial charge in [0.05, 0.1) is 6.61 Å². The van der Waals surface area contributed by atoms with Crippen molar-refractivity contribution in [1.29, 1.82) is 0 Å². The summed E-state index contributed by atoms with van der Waals surface area (Å²) in [5, 5.41) is 8.72. The fourth-order valence-corrected chi connectivity index (χ4v) is 1.32. The minimum Gasteiger partial charge on any atom is -0.394 e. The van der Waals surface area contributed by atoms with Gasteiger partial charge in [-0.25, -0.2) is 0 Å². The van der Waals surface area contributed by atoms with Gasteiger partial charge in [-0.05, 0) is 0 Å². The third-order valence-electron chi connectivity index (χ3n) is 1.92. The SMILES string of the molecule is CO[C@H]1O[C@H](CO)[C@H]2OC12. The average molecular weight is 146 g/mol. The van der Waals surface area contributed by atoms with Crippen LogP contribution < -0.4 is 0 Å². The Morgan fingerprint density at radius 1 is 1.40 bits per heavy atom. The molecule has 2 aliphatic rings. The highest BCUT2D eigenvalue weighted by Gasteiger charge is 2.58. The number of fused-ring (bicyclic) bond motifs is 1. The van der Waals surface area contributed by atoms with E-state index in [1.54, 1.807) is 7.11 Å². The summed E-state index contributed by atoms with van der Waals surface area (Å²) < 4.78 is 15.3. The van der Waals surface area contributed by atoms with Gasteiger partial charge in [0.25, 0.3) is 0 Å². The van der Waals surface area contributed by atoms with Crippen molar-refractivity contribution in [3.05, 3.63) is 0 Å². The first-order valence-electron chi connectivity index (χ1n) is 3.31. The zero-order valence-corrected chi connectivity index (χ0v) is 5.69. The number of aliphatic hydroxyl groups is 1. The highest BCUT2D eigenvalue weighted by molar-refractivity contribution is 4.99. The highest BCUT2D eigenvalue weighted by atomic mass is 16.8. The monoisotopic (exact) mass is 146 g/mol. The van der Waals surface area contributed by atoms with Crippen molar-refractivity contribution >= 4 is 0 Å². The summed E-state index contributed by atoms with van der Waals surface area (Å²) in [6, 6.07) is 0. The van der Waals surface area contributed by atoms with Crippen LogP contribution >= 0.6 is 0 Å². The smallest absolute Gasteiger partial charge is 0.186 e. The standard InChI is InChI=1S/C6H10O4/c1-8-6-5-4(10-5)3(2-7)9-6/h3-7H,2H2,1H3/t3-,4-,5?,6+/m1/s1. The van der Waals surface area contributed by atoms with E-state index in [0.29, 0.717) is 0 Å². The molecule has 1 unspecified atom stereocenters. The van der Waals surface area contributed by atoms with Crippen molar-refractivity contribution in [2.45, 2.75) is 24.6 Å². The van der Waals surface area contributed by atoms with E-state index in [1.165, 1.54) is 0 Å². The van der Waals surface area contributed by atoms with E-state index in [2.05, 4.69) is 0 Å². The van der Waals surface area contributed by atoms with Crippen molar-refractivity contribution in [3.63, 3.8) is 0 Å². The van der Waals surface area contributed by atoms with Crippen LogP contribution in [0, 0.1) is 0 Å². The molecule has 2 saturated heterocycles. The van der Waals surface area contributed by atoms with E-state index < -0.39 is 0 Å². The molecule has 0 saturated carbocycles. The van der Waals surface area contributed by atoms with Gasteiger partial charge in [0.2, 0.25) is 0 Å². The minimum atomic E-state index is -0.262. The molecular formula is C6H10O4. The van der Waals surface area contributed by atoms with Crippen LogP contribution in [0.4, 0.5) is 0 Å². The summed E-state index contributed by atoms with van der Waals surface area (Å²) >= 11 is 0. The molecule has 0 aromatic heterocycles. The third-order valence-corrected chi connectivity index (χ3v) is 1.92. The molecule has 0 aromatic rings. The second kappa shape index (κ2) is 2.17. The van der Waals surface area contributed by atoms with Crippen LogP contribution in [-0.2, 0) is 14.2 Å². The molecule has 2 fully saturated rings. The number of epoxide rings is 1. The molecule has 0 bridgehead atoms. The van der Waals surface area contributed by atoms with Gasteiger partial charge in [0.1, 0.15) is 18.3 Å². The molecule has 58 valence electrons. The summed E-state index contributed by atoms with van der Waals surface area (Å²) in [4.78, 5) is 0. The molecule has 4 heteroatoms. The zero-order valence-electron chi connectivity index (χ0n) is 5.69. The van der Waals surface area contributed by atoms with Crippen LogP contribution in [0.5, 0.6) is 0 Å². The van der Waals surface area contributed by atoms with Gasteiger partial charge in [-0.15, -0.1) is 0 Å². The van der Waals surface area contributed by atoms with Crippen molar-refractivity contribution < 1.29 is 19.3 Å². The van der Waals surface area contributed by atoms with Crippen LogP contribution in [-0.4, -0.2) is 43.4 Å². The summed E-state index contributed by atoms with van der Waals surface area (Å²) in [6.07, 6.45) is -0.283. The predicted molar refractivity (Wildman–Crippen MR) is 31.4 cm³/mol. The minimum absolute atomic E-state index is 0.0149. The molecule has 4 atom stereocenters. The van der Waals surface area contributed by atoms with Crippen molar-refractivity contribution in [1.82, 2.24) is 0 Å². The van der Waals surface area contributed by atoms with Crippen LogP contribution in [0.3, 0.4) is 0 Å². The van der Waals surface area contributed by atoms with Crippen LogP contribution in [0.15, 0.2) is 0 Å². The van der Waals surface area contributed by atoms with Gasteiger partial charge in [-0.2, -0.15) is 0 Å². The number of hydrogen-bond donors (Lipinski definition) is 1. The third kappa shape index (κ3) is 0.769. The van der Waals surface area contributed by atoms with Crippen LogP contribution in [0.25, 0.3) is 0 Å². The Hall–Kier alpha value is -0.160. The Bertz CT molecular complexity index is 124. The van der Waals surface area contributed by atoms with Gasteiger partial charge < -0.3 is 19.3 Å². The lowest BCUT2D eigenvalue weighted by Crippen LogP contribution is -2.23. The quantitative estimate of drug-likeness (QED) is 0.514. The first kappa shape index (κ1) is 6.54. The van der Waals surface area contributed by atoms with Crippen LogP contribution in [0.1, 0.15) is 0 Å². The summed E-state index contributed by atoms with van der Waals surface area (Å²) in [5.74, 6) is 0. The molecule has 1 N–H and O–H groups in total. The molecule has 0 aromatic carbocycles. The molecular weight excluding hydrogens is 136 g/mol. The zero-order chi connectivity index (χ0) is 7.14. The molecule has 0 amide bonds. The van der Waals surface area contributed by atoms with Crippen LogP contribution in [0.2, 0.25) is 0 Å². The Morgan fingerprint density at radius 2 is 2.20 bits per heavy atom. The van der Waals surface area contributed by atoms with Crippen molar-refractivity contribution in [2.24, 2.45) is 0 Å². The second-order valence-electron chi connectivity index (χ2n) is 2.53. The molecule has 0 aliphatic carbocycles. The largest absolute Gasteiger partial charge is 0.394 e. The number of methoxy groups -OCH3 is 1. The van der Waals surface area contributed by atoms with E-state index in [-0.39, 0.29) is 31.2 Å². The lowest BCUT2D eigenvalue weighted by atomic mass is 10.2. The van der Waals surface area contributed by atoms with Crippen molar-refractivity contribution in [3.8, 4) is 0 Å². The topological polar surface area (TPSA) is 51.2 Å². The fraction of sp³-hybridized carbons (Fsp3) is 1.00. The van der Waals surface area contributed by atoms with Gasteiger partial charge >= 0.3 is 0 Å². The molecule has 4 nitrogen and oxygen atoms in total. The average Bonchev–Trinajstić information content (AvgIpc) is 2.67. The number of rotatable bonds is 2. The molecule has 2 heterocycles. The van der Waals surface area contributed by atoms with Crippen molar-refractivity contribution in [2.75, 3.05) is 13.7 Å². The highest BCUT2D eigenvalue weighted by Crippen LogP contribution is 2.38. The fourth-order valence-electron chi connectivity index (χ4n) is 1.32. The van der Waals surface area contributed by atoms with E-state index in [9.17, 15) is 0 Å². The molecule has 0 radical (unpaired) electrons. The molecule has 2 aliphatic heterocycles. The van der Waals surface area contributed by atoms with E-state index in [0.717, 1.165) is 0 Å². The maximum absolute atomic E-state index is 8.72. The molecule has 2 rings (SSSR count). The van der Waals surface area contributed by atoms with Gasteiger partial charge in [-0.1, -0.05) is 0 Å². The number of ether oxygens (including phenoxy) is 3.